The second-order valence-corrected chi connectivity index (χ2v) is 5.99. The van der Waals surface area contributed by atoms with Gasteiger partial charge in [-0.25, -0.2) is 0 Å². The number of halogens is 1. The van der Waals surface area contributed by atoms with E-state index in [2.05, 4.69) is 35.1 Å². The minimum Gasteiger partial charge on any atom is -0.466 e. The van der Waals surface area contributed by atoms with Gasteiger partial charge >= 0.3 is 0 Å². The van der Waals surface area contributed by atoms with Crippen molar-refractivity contribution in [1.82, 2.24) is 5.32 Å². The molecule has 4 heteroatoms. The Hall–Kier alpha value is -0.320. The number of ether oxygens (including phenoxy) is 1. The second kappa shape index (κ2) is 6.22. The lowest BCUT2D eigenvalue weighted by Gasteiger charge is -2.40. The summed E-state index contributed by atoms with van der Waals surface area (Å²) < 4.78 is 12.7. The summed E-state index contributed by atoms with van der Waals surface area (Å²) in [4.78, 5) is 0. The highest BCUT2D eigenvalue weighted by molar-refractivity contribution is 9.10. The molecule has 0 amide bonds. The van der Waals surface area contributed by atoms with Crippen molar-refractivity contribution in [3.05, 3.63) is 22.6 Å². The fraction of sp³-hybridized carbons (Fsp3) is 0.714. The summed E-state index contributed by atoms with van der Waals surface area (Å²) in [6.07, 6.45) is 6.28. The van der Waals surface area contributed by atoms with Crippen molar-refractivity contribution in [2.24, 2.45) is 0 Å². The van der Waals surface area contributed by atoms with Crippen molar-refractivity contribution >= 4 is 15.9 Å². The van der Waals surface area contributed by atoms with Gasteiger partial charge in [-0.15, -0.1) is 0 Å². The van der Waals surface area contributed by atoms with Crippen LogP contribution in [0.15, 0.2) is 21.2 Å². The number of hydrogen-bond acceptors (Lipinski definition) is 3. The van der Waals surface area contributed by atoms with E-state index < -0.39 is 0 Å². The van der Waals surface area contributed by atoms with Crippen LogP contribution >= 0.6 is 15.9 Å². The Bertz CT molecular complexity index is 372. The first-order valence-electron chi connectivity index (χ1n) is 6.77. The van der Waals surface area contributed by atoms with Crippen LogP contribution in [0.1, 0.15) is 51.3 Å². The van der Waals surface area contributed by atoms with E-state index in [4.69, 9.17) is 9.15 Å². The third kappa shape index (κ3) is 2.98. The zero-order chi connectivity index (χ0) is 13.0. The summed E-state index contributed by atoms with van der Waals surface area (Å²) in [6, 6.07) is 2.06. The fourth-order valence-electron chi connectivity index (χ4n) is 2.57. The molecule has 1 aromatic rings. The van der Waals surface area contributed by atoms with E-state index in [9.17, 15) is 0 Å². The Morgan fingerprint density at radius 1 is 1.50 bits per heavy atom. The SMILES string of the molecule is CCCNC(c1occc1Br)C1(C)CCCCO1. The van der Waals surface area contributed by atoms with Crippen LogP contribution in [-0.4, -0.2) is 18.8 Å². The Balaban J connectivity index is 2.21. The van der Waals surface area contributed by atoms with Crippen LogP contribution in [0, 0.1) is 0 Å². The molecule has 0 saturated carbocycles. The maximum Gasteiger partial charge on any atom is 0.137 e. The summed E-state index contributed by atoms with van der Waals surface area (Å²) in [7, 11) is 0. The highest BCUT2D eigenvalue weighted by Gasteiger charge is 2.40. The molecule has 1 aromatic heterocycles. The van der Waals surface area contributed by atoms with Crippen molar-refractivity contribution in [3.63, 3.8) is 0 Å². The van der Waals surface area contributed by atoms with E-state index in [1.807, 2.05) is 6.07 Å². The lowest BCUT2D eigenvalue weighted by atomic mass is 9.86. The van der Waals surface area contributed by atoms with Gasteiger partial charge in [0.25, 0.3) is 0 Å². The summed E-state index contributed by atoms with van der Waals surface area (Å²) >= 11 is 3.56. The van der Waals surface area contributed by atoms with E-state index in [1.165, 1.54) is 6.42 Å². The first-order valence-corrected chi connectivity index (χ1v) is 7.57. The van der Waals surface area contributed by atoms with Gasteiger partial charge in [0.1, 0.15) is 5.76 Å². The van der Waals surface area contributed by atoms with Crippen LogP contribution in [0.25, 0.3) is 0 Å². The Kier molecular flexibility index (Phi) is 4.87. The quantitative estimate of drug-likeness (QED) is 0.890. The van der Waals surface area contributed by atoms with Gasteiger partial charge in [0.2, 0.25) is 0 Å². The van der Waals surface area contributed by atoms with Crippen molar-refractivity contribution in [3.8, 4) is 0 Å². The van der Waals surface area contributed by atoms with Crippen molar-refractivity contribution in [2.75, 3.05) is 13.2 Å². The molecule has 1 aliphatic heterocycles. The number of rotatable bonds is 5. The van der Waals surface area contributed by atoms with E-state index in [0.29, 0.717) is 0 Å². The molecule has 0 bridgehead atoms. The zero-order valence-electron chi connectivity index (χ0n) is 11.2. The smallest absolute Gasteiger partial charge is 0.137 e. The fourth-order valence-corrected chi connectivity index (χ4v) is 3.00. The normalized spacial score (nSPS) is 26.2. The molecule has 1 aliphatic rings. The van der Waals surface area contributed by atoms with Crippen molar-refractivity contribution in [1.29, 1.82) is 0 Å². The van der Waals surface area contributed by atoms with Crippen LogP contribution in [0.3, 0.4) is 0 Å². The zero-order valence-corrected chi connectivity index (χ0v) is 12.8. The highest BCUT2D eigenvalue weighted by atomic mass is 79.9. The van der Waals surface area contributed by atoms with Crippen molar-refractivity contribution < 1.29 is 9.15 Å². The molecular formula is C14H22BrNO2. The van der Waals surface area contributed by atoms with Crippen molar-refractivity contribution in [2.45, 2.75) is 51.2 Å². The van der Waals surface area contributed by atoms with Gasteiger partial charge in [-0.05, 0) is 61.1 Å². The highest BCUT2D eigenvalue weighted by Crippen LogP contribution is 2.39. The topological polar surface area (TPSA) is 34.4 Å². The molecule has 1 saturated heterocycles. The molecule has 2 unspecified atom stereocenters. The van der Waals surface area contributed by atoms with E-state index in [-0.39, 0.29) is 11.6 Å². The molecule has 0 spiro atoms. The summed E-state index contributed by atoms with van der Waals surface area (Å²) in [5.41, 5.74) is -0.173. The Morgan fingerprint density at radius 2 is 2.33 bits per heavy atom. The maximum absolute atomic E-state index is 6.06. The molecule has 2 rings (SSSR count). The summed E-state index contributed by atoms with van der Waals surface area (Å²) in [6.45, 7) is 6.18. The van der Waals surface area contributed by atoms with Gasteiger partial charge < -0.3 is 14.5 Å². The molecule has 0 radical (unpaired) electrons. The lowest BCUT2D eigenvalue weighted by Crippen LogP contribution is -2.46. The van der Waals surface area contributed by atoms with Gasteiger partial charge in [0.05, 0.1) is 22.4 Å². The third-order valence-corrected chi connectivity index (χ3v) is 4.27. The molecule has 102 valence electrons. The third-order valence-electron chi connectivity index (χ3n) is 3.62. The molecule has 1 N–H and O–H groups in total. The molecule has 18 heavy (non-hydrogen) atoms. The molecular weight excluding hydrogens is 294 g/mol. The van der Waals surface area contributed by atoms with Crippen LogP contribution in [-0.2, 0) is 4.74 Å². The summed E-state index contributed by atoms with van der Waals surface area (Å²) in [5, 5.41) is 3.57. The van der Waals surface area contributed by atoms with Gasteiger partial charge in [-0.1, -0.05) is 6.92 Å². The monoisotopic (exact) mass is 315 g/mol. The predicted molar refractivity (Wildman–Crippen MR) is 75.7 cm³/mol. The first kappa shape index (κ1) is 14.1. The molecule has 1 fully saturated rings. The van der Waals surface area contributed by atoms with Crippen LogP contribution < -0.4 is 5.32 Å². The van der Waals surface area contributed by atoms with E-state index in [0.717, 1.165) is 42.6 Å². The molecule has 0 aliphatic carbocycles. The minimum atomic E-state index is -0.173. The summed E-state index contributed by atoms with van der Waals surface area (Å²) in [5.74, 6) is 0.952. The predicted octanol–water partition coefficient (Wildman–Crippen LogP) is 4.04. The number of furan rings is 1. The number of hydrogen-bond donors (Lipinski definition) is 1. The molecule has 2 atom stereocenters. The molecule has 3 nitrogen and oxygen atoms in total. The second-order valence-electron chi connectivity index (χ2n) is 5.14. The Labute approximate surface area is 117 Å². The average molecular weight is 316 g/mol. The molecule has 0 aromatic carbocycles. The van der Waals surface area contributed by atoms with E-state index >= 15 is 0 Å². The Morgan fingerprint density at radius 3 is 2.89 bits per heavy atom. The standard InChI is InChI=1S/C14H22BrNO2/c1-3-8-16-13(12-11(15)6-10-17-12)14(2)7-4-5-9-18-14/h6,10,13,16H,3-5,7-9H2,1-2H3. The molecule has 2 heterocycles. The van der Waals surface area contributed by atoms with Crippen LogP contribution in [0.5, 0.6) is 0 Å². The lowest BCUT2D eigenvalue weighted by molar-refractivity contribution is -0.0936. The van der Waals surface area contributed by atoms with Crippen LogP contribution in [0.2, 0.25) is 0 Å². The average Bonchev–Trinajstić information content (AvgIpc) is 2.77. The van der Waals surface area contributed by atoms with Gasteiger partial charge in [-0.2, -0.15) is 0 Å². The van der Waals surface area contributed by atoms with Gasteiger partial charge in [0.15, 0.2) is 0 Å². The van der Waals surface area contributed by atoms with Crippen LogP contribution in [0.4, 0.5) is 0 Å². The number of nitrogens with one attached hydrogen (secondary N) is 1. The van der Waals surface area contributed by atoms with Gasteiger partial charge in [-0.3, -0.25) is 0 Å². The van der Waals surface area contributed by atoms with E-state index in [1.54, 1.807) is 6.26 Å². The largest absolute Gasteiger partial charge is 0.466 e. The maximum atomic E-state index is 6.06. The minimum absolute atomic E-state index is 0.113. The van der Waals surface area contributed by atoms with Gasteiger partial charge in [0, 0.05) is 6.61 Å². The first-order chi connectivity index (χ1) is 8.67.